The van der Waals surface area contributed by atoms with Crippen molar-refractivity contribution in [1.82, 2.24) is 18.7 Å². The van der Waals surface area contributed by atoms with Crippen LogP contribution in [0.15, 0.2) is 70.2 Å². The molecule has 154 valence electrons. The highest BCUT2D eigenvalue weighted by atomic mass is 32.2. The van der Waals surface area contributed by atoms with Crippen molar-refractivity contribution in [2.75, 3.05) is 0 Å². The van der Waals surface area contributed by atoms with Gasteiger partial charge in [-0.05, 0) is 60.3 Å². The van der Waals surface area contributed by atoms with Gasteiger partial charge in [0.15, 0.2) is 0 Å². The minimum absolute atomic E-state index is 0.00823. The Kier molecular flexibility index (Phi) is 4.69. The van der Waals surface area contributed by atoms with Crippen LogP contribution in [0.4, 0.5) is 5.82 Å². The summed E-state index contributed by atoms with van der Waals surface area (Å²) in [6.45, 7) is 3.92. The lowest BCUT2D eigenvalue weighted by molar-refractivity contribution is -0.599. The maximum atomic E-state index is 13.3. The second-order valence-electron chi connectivity index (χ2n) is 7.11. The van der Waals surface area contributed by atoms with E-state index in [0.29, 0.717) is 27.9 Å². The van der Waals surface area contributed by atoms with Gasteiger partial charge in [0.25, 0.3) is 5.82 Å². The molecule has 31 heavy (non-hydrogen) atoms. The van der Waals surface area contributed by atoms with E-state index in [9.17, 15) is 8.76 Å². The average molecular weight is 449 g/mol. The van der Waals surface area contributed by atoms with E-state index < -0.39 is 10.0 Å². The minimum Gasteiger partial charge on any atom is -0.760 e. The molecule has 0 aliphatic rings. The zero-order chi connectivity index (χ0) is 21.6. The highest BCUT2D eigenvalue weighted by molar-refractivity contribution is 7.88. The molecule has 1 unspecified atom stereocenters. The summed E-state index contributed by atoms with van der Waals surface area (Å²) < 4.78 is 40.6. The van der Waals surface area contributed by atoms with Gasteiger partial charge in [0.05, 0.1) is 29.0 Å². The normalized spacial score (nSPS) is 13.4. The van der Waals surface area contributed by atoms with Gasteiger partial charge in [-0.1, -0.05) is 18.2 Å². The average Bonchev–Trinajstić information content (AvgIpc) is 3.21. The molecule has 0 aliphatic heterocycles. The van der Waals surface area contributed by atoms with Crippen LogP contribution in [0.5, 0.6) is 0 Å². The van der Waals surface area contributed by atoms with E-state index in [2.05, 4.69) is 23.1 Å². The Balaban J connectivity index is 1.81. The van der Waals surface area contributed by atoms with E-state index in [1.807, 2.05) is 50.5 Å². The van der Waals surface area contributed by atoms with Gasteiger partial charge in [-0.25, -0.2) is 4.98 Å². The molecule has 2 aromatic carbocycles. The van der Waals surface area contributed by atoms with E-state index in [4.69, 9.17) is 0 Å². The highest BCUT2D eigenvalue weighted by Gasteiger charge is 2.21. The zero-order valence-corrected chi connectivity index (χ0v) is 18.2. The number of pyridine rings is 1. The quantitative estimate of drug-likeness (QED) is 0.388. The third-order valence-corrected chi connectivity index (χ3v) is 6.49. The van der Waals surface area contributed by atoms with Crippen LogP contribution in [-0.4, -0.2) is 27.5 Å². The van der Waals surface area contributed by atoms with Crippen LogP contribution in [0.3, 0.4) is 0 Å². The molecule has 0 bridgehead atoms. The molecule has 5 rings (SSSR count). The van der Waals surface area contributed by atoms with E-state index >= 15 is 0 Å². The number of nitrogens with zero attached hydrogens (tertiary/aromatic N) is 6. The van der Waals surface area contributed by atoms with Gasteiger partial charge in [-0.3, -0.25) is 4.21 Å². The van der Waals surface area contributed by atoms with Crippen LogP contribution in [0, 0.1) is 13.8 Å². The lowest BCUT2D eigenvalue weighted by Gasteiger charge is -2.14. The van der Waals surface area contributed by atoms with Crippen molar-refractivity contribution in [3.05, 3.63) is 72.1 Å². The first kappa shape index (κ1) is 19.6. The molecule has 5 aromatic rings. The summed E-state index contributed by atoms with van der Waals surface area (Å²) in [4.78, 5) is 9.19. The van der Waals surface area contributed by atoms with Crippen molar-refractivity contribution in [2.45, 2.75) is 18.7 Å². The molecule has 0 saturated heterocycles. The van der Waals surface area contributed by atoms with Gasteiger partial charge in [-0.15, -0.1) is 0 Å². The number of rotatable bonds is 3. The van der Waals surface area contributed by atoms with E-state index in [0.717, 1.165) is 22.9 Å². The minimum atomic E-state index is -4.12. The summed E-state index contributed by atoms with van der Waals surface area (Å²) in [7, 11) is -4.12. The van der Waals surface area contributed by atoms with Crippen LogP contribution in [0.25, 0.3) is 27.9 Å². The predicted molar refractivity (Wildman–Crippen MR) is 117 cm³/mol. The first-order valence-electron chi connectivity index (χ1n) is 9.37. The zero-order valence-electron chi connectivity index (χ0n) is 16.6. The Morgan fingerprint density at radius 2 is 1.61 bits per heavy atom. The predicted octanol–water partition coefficient (Wildman–Crippen LogP) is 3.82. The maximum Gasteiger partial charge on any atom is 0.374 e. The molecule has 0 saturated carbocycles. The first-order valence-corrected chi connectivity index (χ1v) is 11.5. The van der Waals surface area contributed by atoms with Crippen molar-refractivity contribution < 1.29 is 13.3 Å². The third kappa shape index (κ3) is 3.65. The molecule has 0 aliphatic carbocycles. The van der Waals surface area contributed by atoms with Gasteiger partial charge >= 0.3 is 5.82 Å². The number of para-hydroxylation sites is 2. The molecular formula is C21H16N6O2S2. The second-order valence-corrected chi connectivity index (χ2v) is 9.21. The molecule has 1 atom stereocenters. The van der Waals surface area contributed by atoms with Crippen molar-refractivity contribution in [3.63, 3.8) is 0 Å². The smallest absolute Gasteiger partial charge is 0.374 e. The van der Waals surface area contributed by atoms with Gasteiger partial charge in [0.1, 0.15) is 16.6 Å². The number of fused-ring (bicyclic) bond motifs is 2. The summed E-state index contributed by atoms with van der Waals surface area (Å²) in [5.74, 6) is 0.339. The summed E-state index contributed by atoms with van der Waals surface area (Å²) in [5, 5.41) is 0. The lowest BCUT2D eigenvalue weighted by Crippen LogP contribution is -2.32. The second kappa shape index (κ2) is 7.41. The van der Waals surface area contributed by atoms with Gasteiger partial charge in [-0.2, -0.15) is 17.7 Å². The monoisotopic (exact) mass is 448 g/mol. The molecule has 3 heterocycles. The molecule has 0 N–H and O–H groups in total. The standard InChI is InChI=1S/C21H16N6O2S2/c1-13-10-14(2)12-27(11-13)21-20(22-15-6-3-4-7-16(15)23-21)26-31(28,29)18-9-5-8-17-19(18)25-30-24-17/h3-12H,1-2H3. The van der Waals surface area contributed by atoms with Crippen molar-refractivity contribution in [2.24, 2.45) is 4.36 Å². The van der Waals surface area contributed by atoms with E-state index in [1.165, 1.54) is 6.07 Å². The molecule has 3 aromatic heterocycles. The van der Waals surface area contributed by atoms with Crippen LogP contribution in [0.2, 0.25) is 0 Å². The van der Waals surface area contributed by atoms with Crippen molar-refractivity contribution in [1.29, 1.82) is 0 Å². The summed E-state index contributed by atoms with van der Waals surface area (Å²) >= 11 is 0.956. The fourth-order valence-corrected chi connectivity index (χ4v) is 5.10. The molecule has 0 spiro atoms. The van der Waals surface area contributed by atoms with Crippen molar-refractivity contribution in [3.8, 4) is 5.82 Å². The number of benzene rings is 2. The van der Waals surface area contributed by atoms with E-state index in [1.54, 1.807) is 22.8 Å². The topological polar surface area (TPSA) is 108 Å². The third-order valence-electron chi connectivity index (χ3n) is 4.65. The van der Waals surface area contributed by atoms with Crippen LogP contribution in [-0.2, 0) is 10.0 Å². The van der Waals surface area contributed by atoms with Gasteiger partial charge in [0.2, 0.25) is 5.52 Å². The first-order chi connectivity index (χ1) is 14.9. The highest BCUT2D eigenvalue weighted by Crippen LogP contribution is 2.27. The fourth-order valence-electron chi connectivity index (χ4n) is 3.40. The summed E-state index contributed by atoms with van der Waals surface area (Å²) in [6, 6.07) is 14.1. The Morgan fingerprint density at radius 1 is 0.935 bits per heavy atom. The number of aryl methyl sites for hydroxylation is 2. The molecule has 0 amide bonds. The molecule has 8 nitrogen and oxygen atoms in total. The van der Waals surface area contributed by atoms with Crippen LogP contribution >= 0.6 is 11.7 Å². The van der Waals surface area contributed by atoms with Crippen LogP contribution in [0.1, 0.15) is 11.1 Å². The Bertz CT molecular complexity index is 1570. The fraction of sp³-hybridized carbons (Fsp3) is 0.0952. The molecule has 0 fully saturated rings. The SMILES string of the molecule is Cc1cc(C)c[n+](-c2nc3ccccc3nc2N=S(=O)([O-])c2cccc3nsnc23)c1. The summed E-state index contributed by atoms with van der Waals surface area (Å²) in [5.41, 5.74) is 4.01. The Hall–Kier alpha value is -3.34. The number of hydrogen-bond donors (Lipinski definition) is 0. The van der Waals surface area contributed by atoms with E-state index in [-0.39, 0.29) is 10.7 Å². The lowest BCUT2D eigenvalue weighted by atomic mass is 10.2. The Labute approximate surface area is 182 Å². The largest absolute Gasteiger partial charge is 0.760 e. The molecule has 10 heteroatoms. The number of aromatic nitrogens is 5. The van der Waals surface area contributed by atoms with Crippen LogP contribution < -0.4 is 4.57 Å². The number of hydrogen-bond acceptors (Lipinski definition) is 8. The maximum absolute atomic E-state index is 13.3. The Morgan fingerprint density at radius 3 is 2.35 bits per heavy atom. The van der Waals surface area contributed by atoms with Gasteiger partial charge < -0.3 is 4.55 Å². The van der Waals surface area contributed by atoms with Crippen molar-refractivity contribution >= 4 is 49.6 Å². The molecular weight excluding hydrogens is 432 g/mol. The van der Waals surface area contributed by atoms with Gasteiger partial charge in [0, 0.05) is 10.0 Å². The molecule has 0 radical (unpaired) electrons. The summed E-state index contributed by atoms with van der Waals surface area (Å²) in [6.07, 6.45) is 3.73.